The summed E-state index contributed by atoms with van der Waals surface area (Å²) in [6.07, 6.45) is -4.63. The highest BCUT2D eigenvalue weighted by Crippen LogP contribution is 2.34. The first kappa shape index (κ1) is 22.0. The van der Waals surface area contributed by atoms with Crippen molar-refractivity contribution in [3.63, 3.8) is 0 Å². The maximum Gasteiger partial charge on any atom is 0.416 e. The van der Waals surface area contributed by atoms with Crippen molar-refractivity contribution < 1.29 is 32.3 Å². The molecule has 10 heteroatoms. The molecular weight excluding hydrogens is 391 g/mol. The lowest BCUT2D eigenvalue weighted by molar-refractivity contribution is -0.137. The van der Waals surface area contributed by atoms with E-state index in [1.807, 2.05) is 0 Å². The van der Waals surface area contributed by atoms with Gasteiger partial charge in [-0.3, -0.25) is 9.59 Å². The minimum absolute atomic E-state index is 0.00302. The molecule has 156 valence electrons. The molecule has 1 aromatic heterocycles. The van der Waals surface area contributed by atoms with Crippen LogP contribution in [0.5, 0.6) is 0 Å². The van der Waals surface area contributed by atoms with Crippen LogP contribution in [0.3, 0.4) is 0 Å². The fourth-order valence-electron chi connectivity index (χ4n) is 2.79. The predicted octanol–water partition coefficient (Wildman–Crippen LogP) is 4.04. The first-order valence-corrected chi connectivity index (χ1v) is 8.62. The Bertz CT molecular complexity index is 964. The summed E-state index contributed by atoms with van der Waals surface area (Å²) in [7, 11) is 0. The van der Waals surface area contributed by atoms with Gasteiger partial charge < -0.3 is 20.4 Å². The van der Waals surface area contributed by atoms with E-state index in [9.17, 15) is 27.6 Å². The Morgan fingerprint density at radius 2 is 1.76 bits per heavy atom. The monoisotopic (exact) mass is 411 g/mol. The molecule has 0 fully saturated rings. The number of halogens is 3. The van der Waals surface area contributed by atoms with Crippen molar-refractivity contribution in [2.75, 3.05) is 17.2 Å². The average molecular weight is 411 g/mol. The lowest BCUT2D eigenvalue weighted by atomic mass is 10.1. The van der Waals surface area contributed by atoms with Crippen LogP contribution in [0.4, 0.5) is 24.5 Å². The number of aromatic nitrogens is 1. The maximum absolute atomic E-state index is 13.0. The molecule has 29 heavy (non-hydrogen) atoms. The standard InChI is InChI=1S/C19H20F3N3O4/c1-5-29-18(28)15-9(2)16(23-10(15)3)17(27)25-14-8-12(19(20,21)22)6-7-13(14)24-11(4)26/h6-8,23H,5H2,1-4H3,(H,24,26)(H,25,27). The van der Waals surface area contributed by atoms with Gasteiger partial charge in [0.2, 0.25) is 5.91 Å². The van der Waals surface area contributed by atoms with Crippen LogP contribution in [-0.2, 0) is 15.7 Å². The number of aryl methyl sites for hydroxylation is 1. The number of nitrogens with one attached hydrogen (secondary N) is 3. The number of alkyl halides is 3. The van der Waals surface area contributed by atoms with Gasteiger partial charge in [-0.1, -0.05) is 0 Å². The summed E-state index contributed by atoms with van der Waals surface area (Å²) in [6, 6.07) is 2.57. The number of hydrogen-bond acceptors (Lipinski definition) is 4. The summed E-state index contributed by atoms with van der Waals surface area (Å²) in [5, 5.41) is 4.73. The van der Waals surface area contributed by atoms with Gasteiger partial charge in [0.1, 0.15) is 5.69 Å². The van der Waals surface area contributed by atoms with Crippen LogP contribution in [-0.4, -0.2) is 29.4 Å². The number of benzene rings is 1. The molecule has 2 amide bonds. The van der Waals surface area contributed by atoms with Crippen LogP contribution in [0, 0.1) is 13.8 Å². The van der Waals surface area contributed by atoms with E-state index in [-0.39, 0.29) is 29.2 Å². The van der Waals surface area contributed by atoms with Crippen molar-refractivity contribution in [2.45, 2.75) is 33.9 Å². The van der Waals surface area contributed by atoms with Crippen LogP contribution in [0.2, 0.25) is 0 Å². The molecule has 2 rings (SSSR count). The molecule has 1 heterocycles. The number of carbonyl (C=O) groups excluding carboxylic acids is 3. The zero-order valence-electron chi connectivity index (χ0n) is 16.2. The Kier molecular flexibility index (Phi) is 6.35. The number of esters is 1. The highest BCUT2D eigenvalue weighted by molar-refractivity contribution is 6.09. The molecule has 0 saturated carbocycles. The molecule has 0 atom stereocenters. The molecule has 0 bridgehead atoms. The molecule has 0 aliphatic rings. The zero-order chi connectivity index (χ0) is 21.9. The summed E-state index contributed by atoms with van der Waals surface area (Å²) in [6.45, 7) is 6.07. The molecule has 1 aromatic carbocycles. The van der Waals surface area contributed by atoms with E-state index in [4.69, 9.17) is 4.74 Å². The summed E-state index contributed by atoms with van der Waals surface area (Å²) < 4.78 is 44.1. The second-order valence-electron chi connectivity index (χ2n) is 6.24. The summed E-state index contributed by atoms with van der Waals surface area (Å²) in [4.78, 5) is 38.8. The largest absolute Gasteiger partial charge is 0.462 e. The van der Waals surface area contributed by atoms with Gasteiger partial charge in [-0.25, -0.2) is 4.79 Å². The van der Waals surface area contributed by atoms with Gasteiger partial charge >= 0.3 is 12.1 Å². The quantitative estimate of drug-likeness (QED) is 0.647. The lowest BCUT2D eigenvalue weighted by Gasteiger charge is -2.15. The van der Waals surface area contributed by atoms with Gasteiger partial charge in [-0.15, -0.1) is 0 Å². The number of amides is 2. The average Bonchev–Trinajstić information content (AvgIpc) is 2.89. The normalized spacial score (nSPS) is 11.1. The molecule has 0 aliphatic carbocycles. The molecule has 2 aromatic rings. The van der Waals surface area contributed by atoms with Crippen LogP contribution in [0.25, 0.3) is 0 Å². The third-order valence-electron chi connectivity index (χ3n) is 4.05. The molecule has 0 spiro atoms. The second kappa shape index (κ2) is 8.38. The van der Waals surface area contributed by atoms with Crippen LogP contribution >= 0.6 is 0 Å². The number of anilines is 2. The van der Waals surface area contributed by atoms with Crippen molar-refractivity contribution in [3.8, 4) is 0 Å². The summed E-state index contributed by atoms with van der Waals surface area (Å²) >= 11 is 0. The molecule has 0 unspecified atom stereocenters. The molecular formula is C19H20F3N3O4. The van der Waals surface area contributed by atoms with E-state index < -0.39 is 29.5 Å². The van der Waals surface area contributed by atoms with Crippen LogP contribution in [0.15, 0.2) is 18.2 Å². The molecule has 0 radical (unpaired) electrons. The Morgan fingerprint density at radius 3 is 2.31 bits per heavy atom. The second-order valence-corrected chi connectivity index (χ2v) is 6.24. The van der Waals surface area contributed by atoms with Gasteiger partial charge in [-0.05, 0) is 44.5 Å². The minimum Gasteiger partial charge on any atom is -0.462 e. The van der Waals surface area contributed by atoms with Crippen LogP contribution < -0.4 is 10.6 Å². The number of H-pyrrole nitrogens is 1. The topological polar surface area (TPSA) is 100 Å². The fraction of sp³-hybridized carbons (Fsp3) is 0.316. The fourth-order valence-corrected chi connectivity index (χ4v) is 2.79. The maximum atomic E-state index is 13.0. The zero-order valence-corrected chi connectivity index (χ0v) is 16.2. The van der Waals surface area contributed by atoms with Crippen LogP contribution in [0.1, 0.15) is 51.5 Å². The Labute approximate surface area is 164 Å². The SMILES string of the molecule is CCOC(=O)c1c(C)[nH]c(C(=O)Nc2cc(C(F)(F)F)ccc2NC(C)=O)c1C. The van der Waals surface area contributed by atoms with Crippen molar-refractivity contribution in [2.24, 2.45) is 0 Å². The summed E-state index contributed by atoms with van der Waals surface area (Å²) in [5.74, 6) is -1.90. The number of ether oxygens (including phenoxy) is 1. The number of rotatable bonds is 5. The van der Waals surface area contributed by atoms with E-state index in [2.05, 4.69) is 15.6 Å². The highest BCUT2D eigenvalue weighted by atomic mass is 19.4. The van der Waals surface area contributed by atoms with Gasteiger partial charge in [0, 0.05) is 12.6 Å². The van der Waals surface area contributed by atoms with E-state index in [1.54, 1.807) is 13.8 Å². The first-order valence-electron chi connectivity index (χ1n) is 8.62. The lowest BCUT2D eigenvalue weighted by Crippen LogP contribution is -2.18. The van der Waals surface area contributed by atoms with Crippen molar-refractivity contribution in [3.05, 3.63) is 46.3 Å². The van der Waals surface area contributed by atoms with Gasteiger partial charge in [0.25, 0.3) is 5.91 Å². The van der Waals surface area contributed by atoms with E-state index >= 15 is 0 Å². The minimum atomic E-state index is -4.63. The number of hydrogen-bond donors (Lipinski definition) is 3. The molecule has 0 saturated heterocycles. The Morgan fingerprint density at radius 1 is 1.10 bits per heavy atom. The Hall–Kier alpha value is -3.30. The molecule has 7 nitrogen and oxygen atoms in total. The van der Waals surface area contributed by atoms with Crippen molar-refractivity contribution in [1.82, 2.24) is 4.98 Å². The molecule has 0 aliphatic heterocycles. The summed E-state index contributed by atoms with van der Waals surface area (Å²) in [5.41, 5.74) is -0.355. The Balaban J connectivity index is 2.43. The smallest absolute Gasteiger partial charge is 0.416 e. The van der Waals surface area contributed by atoms with E-state index in [0.717, 1.165) is 18.2 Å². The number of carbonyl (C=O) groups is 3. The van der Waals surface area contributed by atoms with Gasteiger partial charge in [0.05, 0.1) is 29.1 Å². The van der Waals surface area contributed by atoms with E-state index in [1.165, 1.54) is 13.8 Å². The third-order valence-corrected chi connectivity index (χ3v) is 4.05. The molecule has 3 N–H and O–H groups in total. The highest BCUT2D eigenvalue weighted by Gasteiger charge is 2.31. The number of aromatic amines is 1. The first-order chi connectivity index (χ1) is 13.5. The van der Waals surface area contributed by atoms with Gasteiger partial charge in [-0.2, -0.15) is 13.2 Å². The predicted molar refractivity (Wildman–Crippen MR) is 99.9 cm³/mol. The van der Waals surface area contributed by atoms with Crippen molar-refractivity contribution >= 4 is 29.2 Å². The third kappa shape index (κ3) is 4.95. The van der Waals surface area contributed by atoms with E-state index in [0.29, 0.717) is 11.3 Å². The van der Waals surface area contributed by atoms with Crippen molar-refractivity contribution in [1.29, 1.82) is 0 Å². The van der Waals surface area contributed by atoms with Gasteiger partial charge in [0.15, 0.2) is 0 Å².